The SMILES string of the molecule is CC(Oc1ccc(Br)cc1)C(=O)NNC(=O)Cc1ccc(Cl)cc1. The summed E-state index contributed by atoms with van der Waals surface area (Å²) in [6.45, 7) is 1.60. The lowest BCUT2D eigenvalue weighted by molar-refractivity contribution is -0.132. The second-order valence-corrected chi connectivity index (χ2v) is 6.41. The molecule has 0 aromatic heterocycles. The van der Waals surface area contributed by atoms with Crippen molar-refractivity contribution < 1.29 is 14.3 Å². The summed E-state index contributed by atoms with van der Waals surface area (Å²) in [5, 5.41) is 0.603. The van der Waals surface area contributed by atoms with Crippen LogP contribution in [0.25, 0.3) is 0 Å². The molecule has 0 fully saturated rings. The van der Waals surface area contributed by atoms with E-state index < -0.39 is 12.0 Å². The Kier molecular flexibility index (Phi) is 6.63. The van der Waals surface area contributed by atoms with E-state index in [2.05, 4.69) is 26.8 Å². The highest BCUT2D eigenvalue weighted by atomic mass is 79.9. The van der Waals surface area contributed by atoms with Gasteiger partial charge < -0.3 is 4.74 Å². The molecule has 0 bridgehead atoms. The number of nitrogens with one attached hydrogen (secondary N) is 2. The van der Waals surface area contributed by atoms with Crippen LogP contribution in [0.5, 0.6) is 5.75 Å². The third kappa shape index (κ3) is 5.86. The van der Waals surface area contributed by atoms with Gasteiger partial charge in [-0.3, -0.25) is 20.4 Å². The van der Waals surface area contributed by atoms with E-state index in [1.165, 1.54) is 0 Å². The highest BCUT2D eigenvalue weighted by molar-refractivity contribution is 9.10. The number of ether oxygens (including phenoxy) is 1. The summed E-state index contributed by atoms with van der Waals surface area (Å²) in [5.41, 5.74) is 5.51. The molecular formula is C17H16BrClN2O3. The van der Waals surface area contributed by atoms with Crippen molar-refractivity contribution in [1.82, 2.24) is 10.9 Å². The summed E-state index contributed by atoms with van der Waals surface area (Å²) in [6.07, 6.45) is -0.610. The first-order valence-corrected chi connectivity index (χ1v) is 8.36. The molecule has 24 heavy (non-hydrogen) atoms. The Morgan fingerprint density at radius 2 is 1.71 bits per heavy atom. The minimum atomic E-state index is -0.748. The second kappa shape index (κ2) is 8.70. The minimum Gasteiger partial charge on any atom is -0.481 e. The zero-order valence-electron chi connectivity index (χ0n) is 12.9. The molecule has 0 aliphatic rings. The van der Waals surface area contributed by atoms with Gasteiger partial charge >= 0.3 is 0 Å². The molecule has 1 atom stereocenters. The number of halogens is 2. The molecule has 0 radical (unpaired) electrons. The second-order valence-electron chi connectivity index (χ2n) is 5.05. The van der Waals surface area contributed by atoms with Gasteiger partial charge in [0.2, 0.25) is 5.91 Å². The number of benzene rings is 2. The molecule has 7 heteroatoms. The van der Waals surface area contributed by atoms with Crippen LogP contribution >= 0.6 is 27.5 Å². The van der Waals surface area contributed by atoms with E-state index in [0.29, 0.717) is 10.8 Å². The van der Waals surface area contributed by atoms with Crippen molar-refractivity contribution in [3.63, 3.8) is 0 Å². The van der Waals surface area contributed by atoms with E-state index in [4.69, 9.17) is 16.3 Å². The zero-order valence-corrected chi connectivity index (χ0v) is 15.2. The molecule has 2 N–H and O–H groups in total. The fourth-order valence-electron chi connectivity index (χ4n) is 1.84. The lowest BCUT2D eigenvalue weighted by Gasteiger charge is -2.15. The van der Waals surface area contributed by atoms with Crippen molar-refractivity contribution in [2.24, 2.45) is 0 Å². The van der Waals surface area contributed by atoms with Gasteiger partial charge in [0, 0.05) is 9.50 Å². The average Bonchev–Trinajstić information content (AvgIpc) is 2.57. The van der Waals surface area contributed by atoms with Crippen LogP contribution in [0.3, 0.4) is 0 Å². The van der Waals surface area contributed by atoms with Gasteiger partial charge in [-0.2, -0.15) is 0 Å². The lowest BCUT2D eigenvalue weighted by Crippen LogP contribution is -2.47. The largest absolute Gasteiger partial charge is 0.481 e. The Labute approximate surface area is 153 Å². The van der Waals surface area contributed by atoms with Gasteiger partial charge in [0.1, 0.15) is 5.75 Å². The topological polar surface area (TPSA) is 67.4 Å². The highest BCUT2D eigenvalue weighted by Crippen LogP contribution is 2.17. The van der Waals surface area contributed by atoms with Gasteiger partial charge in [-0.05, 0) is 48.9 Å². The molecule has 0 spiro atoms. The summed E-state index contributed by atoms with van der Waals surface area (Å²) in [4.78, 5) is 23.8. The quantitative estimate of drug-likeness (QED) is 0.742. The van der Waals surface area contributed by atoms with Crippen molar-refractivity contribution in [2.45, 2.75) is 19.4 Å². The highest BCUT2D eigenvalue weighted by Gasteiger charge is 2.15. The molecule has 1 unspecified atom stereocenters. The third-order valence-corrected chi connectivity index (χ3v) is 3.88. The van der Waals surface area contributed by atoms with Crippen LogP contribution in [0.4, 0.5) is 0 Å². The first-order valence-electron chi connectivity index (χ1n) is 7.19. The standard InChI is InChI=1S/C17H16BrClN2O3/c1-11(24-15-8-4-13(18)5-9-15)17(23)21-20-16(22)10-12-2-6-14(19)7-3-12/h2-9,11H,10H2,1H3,(H,20,22)(H,21,23). The number of carbonyl (C=O) groups is 2. The summed E-state index contributed by atoms with van der Waals surface area (Å²) in [7, 11) is 0. The van der Waals surface area contributed by atoms with Crippen molar-refractivity contribution in [2.75, 3.05) is 0 Å². The van der Waals surface area contributed by atoms with E-state index >= 15 is 0 Å². The summed E-state index contributed by atoms with van der Waals surface area (Å²) in [6, 6.07) is 14.0. The van der Waals surface area contributed by atoms with Gasteiger partial charge in [-0.1, -0.05) is 39.7 Å². The van der Waals surface area contributed by atoms with Gasteiger partial charge in [0.25, 0.3) is 5.91 Å². The van der Waals surface area contributed by atoms with Crippen LogP contribution in [-0.2, 0) is 16.0 Å². The van der Waals surface area contributed by atoms with Crippen LogP contribution in [0, 0.1) is 0 Å². The first kappa shape index (κ1) is 18.3. The van der Waals surface area contributed by atoms with E-state index in [9.17, 15) is 9.59 Å². The Hall–Kier alpha value is -2.05. The van der Waals surface area contributed by atoms with Gasteiger partial charge in [-0.15, -0.1) is 0 Å². The van der Waals surface area contributed by atoms with Gasteiger partial charge in [-0.25, -0.2) is 0 Å². The zero-order chi connectivity index (χ0) is 17.5. The van der Waals surface area contributed by atoms with Gasteiger partial charge in [0.05, 0.1) is 6.42 Å². The molecule has 0 aliphatic heterocycles. The van der Waals surface area contributed by atoms with Crippen LogP contribution in [-0.4, -0.2) is 17.9 Å². The molecule has 2 rings (SSSR count). The first-order chi connectivity index (χ1) is 11.4. The normalized spacial score (nSPS) is 11.5. The van der Waals surface area contributed by atoms with E-state index in [0.717, 1.165) is 10.0 Å². The number of amides is 2. The van der Waals surface area contributed by atoms with Crippen molar-refractivity contribution in [1.29, 1.82) is 0 Å². The predicted molar refractivity (Wildman–Crippen MR) is 95.7 cm³/mol. The van der Waals surface area contributed by atoms with E-state index in [1.54, 1.807) is 43.3 Å². The fourth-order valence-corrected chi connectivity index (χ4v) is 2.23. The number of hydrogen-bond acceptors (Lipinski definition) is 3. The van der Waals surface area contributed by atoms with Gasteiger partial charge in [0.15, 0.2) is 6.10 Å². The number of hydrazine groups is 1. The summed E-state index contributed by atoms with van der Waals surface area (Å²) < 4.78 is 6.41. The number of hydrogen-bond donors (Lipinski definition) is 2. The molecule has 0 aliphatic carbocycles. The Morgan fingerprint density at radius 1 is 1.08 bits per heavy atom. The summed E-state index contributed by atoms with van der Waals surface area (Å²) >= 11 is 9.11. The van der Waals surface area contributed by atoms with Crippen LogP contribution in [0.15, 0.2) is 53.0 Å². The fraction of sp³-hybridized carbons (Fsp3) is 0.176. The maximum atomic E-state index is 11.9. The van der Waals surface area contributed by atoms with Crippen molar-refractivity contribution >= 4 is 39.3 Å². The molecule has 2 aromatic rings. The minimum absolute atomic E-state index is 0.138. The number of rotatable bonds is 5. The maximum absolute atomic E-state index is 11.9. The molecule has 2 amide bonds. The number of carbonyl (C=O) groups excluding carboxylic acids is 2. The van der Waals surface area contributed by atoms with Crippen LogP contribution in [0.2, 0.25) is 5.02 Å². The lowest BCUT2D eigenvalue weighted by atomic mass is 10.1. The Morgan fingerprint density at radius 3 is 2.33 bits per heavy atom. The van der Waals surface area contributed by atoms with Crippen LogP contribution < -0.4 is 15.6 Å². The van der Waals surface area contributed by atoms with E-state index in [1.807, 2.05) is 12.1 Å². The molecule has 5 nitrogen and oxygen atoms in total. The molecule has 2 aromatic carbocycles. The van der Waals surface area contributed by atoms with Crippen molar-refractivity contribution in [3.05, 3.63) is 63.6 Å². The third-order valence-electron chi connectivity index (χ3n) is 3.10. The molecule has 0 saturated heterocycles. The van der Waals surface area contributed by atoms with Crippen molar-refractivity contribution in [3.8, 4) is 5.75 Å². The molecule has 0 heterocycles. The predicted octanol–water partition coefficient (Wildman–Crippen LogP) is 3.26. The Balaban J connectivity index is 1.77. The maximum Gasteiger partial charge on any atom is 0.279 e. The van der Waals surface area contributed by atoms with E-state index in [-0.39, 0.29) is 12.3 Å². The molecule has 0 saturated carbocycles. The average molecular weight is 412 g/mol. The molecule has 126 valence electrons. The van der Waals surface area contributed by atoms with Crippen LogP contribution in [0.1, 0.15) is 12.5 Å². The molecular weight excluding hydrogens is 396 g/mol. The smallest absolute Gasteiger partial charge is 0.279 e. The monoisotopic (exact) mass is 410 g/mol. The summed E-state index contributed by atoms with van der Waals surface area (Å²) in [5.74, 6) is -0.211. The Bertz CT molecular complexity index is 705.